The second-order valence-corrected chi connectivity index (χ2v) is 6.06. The molecule has 0 radical (unpaired) electrons. The van der Waals surface area contributed by atoms with Gasteiger partial charge in [0.1, 0.15) is 0 Å². The molecule has 0 spiro atoms. The fourth-order valence-corrected chi connectivity index (χ4v) is 3.55. The first-order valence-electron chi connectivity index (χ1n) is 7.88. The smallest absolute Gasteiger partial charge is 0.0236 e. The molecule has 1 aromatic carbocycles. The van der Waals surface area contributed by atoms with Gasteiger partial charge < -0.3 is 0 Å². The van der Waals surface area contributed by atoms with Crippen LogP contribution >= 0.6 is 0 Å². The Kier molecular flexibility index (Phi) is 4.34. The SMILES string of the molecule is C1=C(CC2CCCN2Cc2ccccc2)CCCC1. The van der Waals surface area contributed by atoms with Crippen LogP contribution in [0.5, 0.6) is 0 Å². The summed E-state index contributed by atoms with van der Waals surface area (Å²) in [6.45, 7) is 2.42. The highest BCUT2D eigenvalue weighted by atomic mass is 15.2. The fraction of sp³-hybridized carbons (Fsp3) is 0.556. The number of rotatable bonds is 4. The Balaban J connectivity index is 1.60. The van der Waals surface area contributed by atoms with Crippen molar-refractivity contribution in [3.8, 4) is 0 Å². The molecule has 1 aliphatic heterocycles. The van der Waals surface area contributed by atoms with E-state index in [4.69, 9.17) is 0 Å². The molecule has 1 aliphatic carbocycles. The standard InChI is InChI=1S/C18H25N/c1-3-8-16(9-4-1)14-18-12-7-13-19(18)15-17-10-5-2-6-11-17/h2,5-6,8,10-11,18H,1,3-4,7,9,12-15H2. The molecule has 1 aromatic rings. The summed E-state index contributed by atoms with van der Waals surface area (Å²) in [7, 11) is 0. The normalized spacial score (nSPS) is 24.4. The van der Waals surface area contributed by atoms with E-state index in [0.717, 1.165) is 12.6 Å². The maximum atomic E-state index is 2.70. The van der Waals surface area contributed by atoms with Gasteiger partial charge in [-0.3, -0.25) is 4.90 Å². The van der Waals surface area contributed by atoms with Crippen LogP contribution in [0.2, 0.25) is 0 Å². The van der Waals surface area contributed by atoms with Crippen LogP contribution in [-0.4, -0.2) is 17.5 Å². The Morgan fingerprint density at radius 2 is 1.95 bits per heavy atom. The minimum Gasteiger partial charge on any atom is -0.296 e. The molecule has 0 amide bonds. The monoisotopic (exact) mass is 255 g/mol. The van der Waals surface area contributed by atoms with Crippen molar-refractivity contribution in [2.45, 2.75) is 57.5 Å². The third-order valence-electron chi connectivity index (χ3n) is 4.61. The Labute approximate surface area is 117 Å². The van der Waals surface area contributed by atoms with E-state index in [1.165, 1.54) is 57.1 Å². The molecular formula is C18H25N. The van der Waals surface area contributed by atoms with E-state index in [1.54, 1.807) is 5.57 Å². The Morgan fingerprint density at radius 1 is 1.05 bits per heavy atom. The lowest BCUT2D eigenvalue weighted by Crippen LogP contribution is -2.29. The van der Waals surface area contributed by atoms with Gasteiger partial charge in [-0.1, -0.05) is 42.0 Å². The summed E-state index contributed by atoms with van der Waals surface area (Å²) in [5, 5.41) is 0. The van der Waals surface area contributed by atoms with Crippen molar-refractivity contribution >= 4 is 0 Å². The first kappa shape index (κ1) is 12.9. The molecule has 3 rings (SSSR count). The van der Waals surface area contributed by atoms with Gasteiger partial charge in [-0.15, -0.1) is 0 Å². The van der Waals surface area contributed by atoms with Gasteiger partial charge in [0, 0.05) is 12.6 Å². The van der Waals surface area contributed by atoms with Gasteiger partial charge in [0.2, 0.25) is 0 Å². The minimum atomic E-state index is 0.796. The van der Waals surface area contributed by atoms with Gasteiger partial charge in [0.05, 0.1) is 0 Å². The van der Waals surface area contributed by atoms with Crippen molar-refractivity contribution in [2.24, 2.45) is 0 Å². The Bertz CT molecular complexity index is 421. The zero-order chi connectivity index (χ0) is 12.9. The van der Waals surface area contributed by atoms with E-state index >= 15 is 0 Å². The molecule has 102 valence electrons. The first-order chi connectivity index (χ1) is 9.42. The molecule has 1 nitrogen and oxygen atoms in total. The average Bonchev–Trinajstić information content (AvgIpc) is 2.88. The summed E-state index contributed by atoms with van der Waals surface area (Å²) in [5.74, 6) is 0. The molecule has 1 atom stereocenters. The number of benzene rings is 1. The summed E-state index contributed by atoms with van der Waals surface area (Å²) >= 11 is 0. The van der Waals surface area contributed by atoms with Crippen molar-refractivity contribution < 1.29 is 0 Å². The molecular weight excluding hydrogens is 230 g/mol. The first-order valence-corrected chi connectivity index (χ1v) is 7.88. The molecule has 0 aromatic heterocycles. The Hall–Kier alpha value is -1.08. The van der Waals surface area contributed by atoms with Crippen molar-refractivity contribution in [1.82, 2.24) is 4.90 Å². The average molecular weight is 255 g/mol. The molecule has 0 saturated carbocycles. The second-order valence-electron chi connectivity index (χ2n) is 6.06. The van der Waals surface area contributed by atoms with Crippen LogP contribution in [-0.2, 0) is 6.54 Å². The lowest BCUT2D eigenvalue weighted by atomic mass is 9.93. The number of hydrogen-bond donors (Lipinski definition) is 0. The summed E-state index contributed by atoms with van der Waals surface area (Å²) in [6.07, 6.45) is 12.1. The van der Waals surface area contributed by atoms with Crippen LogP contribution in [0.4, 0.5) is 0 Å². The van der Waals surface area contributed by atoms with E-state index in [1.807, 2.05) is 0 Å². The largest absolute Gasteiger partial charge is 0.296 e. The summed E-state index contributed by atoms with van der Waals surface area (Å²) in [5.41, 5.74) is 3.20. The van der Waals surface area contributed by atoms with Gasteiger partial charge in [0.25, 0.3) is 0 Å². The maximum Gasteiger partial charge on any atom is 0.0236 e. The van der Waals surface area contributed by atoms with Crippen LogP contribution in [0.3, 0.4) is 0 Å². The zero-order valence-corrected chi connectivity index (χ0v) is 11.9. The van der Waals surface area contributed by atoms with Gasteiger partial charge in [-0.05, 0) is 57.1 Å². The zero-order valence-electron chi connectivity index (χ0n) is 11.9. The molecule has 1 heterocycles. The lowest BCUT2D eigenvalue weighted by Gasteiger charge is -2.26. The summed E-state index contributed by atoms with van der Waals surface area (Å²) in [4.78, 5) is 2.70. The molecule has 2 aliphatic rings. The molecule has 1 unspecified atom stereocenters. The van der Waals surface area contributed by atoms with Gasteiger partial charge in [-0.25, -0.2) is 0 Å². The third-order valence-corrected chi connectivity index (χ3v) is 4.61. The highest BCUT2D eigenvalue weighted by Crippen LogP contribution is 2.29. The molecule has 1 heteroatoms. The van der Waals surface area contributed by atoms with Gasteiger partial charge in [-0.2, -0.15) is 0 Å². The lowest BCUT2D eigenvalue weighted by molar-refractivity contribution is 0.242. The van der Waals surface area contributed by atoms with Gasteiger partial charge >= 0.3 is 0 Å². The van der Waals surface area contributed by atoms with E-state index in [0.29, 0.717) is 0 Å². The molecule has 1 fully saturated rings. The van der Waals surface area contributed by atoms with Crippen molar-refractivity contribution in [3.63, 3.8) is 0 Å². The van der Waals surface area contributed by atoms with Crippen molar-refractivity contribution in [3.05, 3.63) is 47.5 Å². The minimum absolute atomic E-state index is 0.796. The number of allylic oxidation sites excluding steroid dienone is 1. The second kappa shape index (κ2) is 6.38. The summed E-state index contributed by atoms with van der Waals surface area (Å²) in [6, 6.07) is 11.7. The van der Waals surface area contributed by atoms with Crippen LogP contribution in [0.25, 0.3) is 0 Å². The van der Waals surface area contributed by atoms with Crippen molar-refractivity contribution in [1.29, 1.82) is 0 Å². The number of likely N-dealkylation sites (tertiary alicyclic amines) is 1. The van der Waals surface area contributed by atoms with Crippen molar-refractivity contribution in [2.75, 3.05) is 6.54 Å². The predicted molar refractivity (Wildman–Crippen MR) is 81.0 cm³/mol. The third kappa shape index (κ3) is 3.48. The van der Waals surface area contributed by atoms with Crippen LogP contribution in [0.1, 0.15) is 50.5 Å². The van der Waals surface area contributed by atoms with Crippen LogP contribution in [0, 0.1) is 0 Å². The van der Waals surface area contributed by atoms with Gasteiger partial charge in [0.15, 0.2) is 0 Å². The summed E-state index contributed by atoms with van der Waals surface area (Å²) < 4.78 is 0. The topological polar surface area (TPSA) is 3.24 Å². The van der Waals surface area contributed by atoms with E-state index < -0.39 is 0 Å². The molecule has 1 saturated heterocycles. The molecule has 19 heavy (non-hydrogen) atoms. The molecule has 0 bridgehead atoms. The van der Waals surface area contributed by atoms with E-state index in [9.17, 15) is 0 Å². The highest BCUT2D eigenvalue weighted by molar-refractivity contribution is 5.15. The fourth-order valence-electron chi connectivity index (χ4n) is 3.55. The maximum absolute atomic E-state index is 2.70. The van der Waals surface area contributed by atoms with E-state index in [-0.39, 0.29) is 0 Å². The molecule has 0 N–H and O–H groups in total. The number of hydrogen-bond acceptors (Lipinski definition) is 1. The quantitative estimate of drug-likeness (QED) is 0.714. The predicted octanol–water partition coefficient (Wildman–Crippen LogP) is 4.54. The number of nitrogens with zero attached hydrogens (tertiary/aromatic N) is 1. The Morgan fingerprint density at radius 3 is 2.74 bits per heavy atom. The highest BCUT2D eigenvalue weighted by Gasteiger charge is 2.25. The van der Waals surface area contributed by atoms with Crippen LogP contribution in [0.15, 0.2) is 42.0 Å². The van der Waals surface area contributed by atoms with E-state index in [2.05, 4.69) is 41.3 Å². The van der Waals surface area contributed by atoms with Crippen LogP contribution < -0.4 is 0 Å².